The molecule has 3 fully saturated rings. The van der Waals surface area contributed by atoms with Gasteiger partial charge in [0.25, 0.3) is 0 Å². The first-order valence-corrected chi connectivity index (χ1v) is 12.4. The minimum absolute atomic E-state index is 0.270. The fraction of sp³-hybridized carbons (Fsp3) is 0.440. The van der Waals surface area contributed by atoms with E-state index >= 15 is 0 Å². The molecule has 3 aliphatic rings. The van der Waals surface area contributed by atoms with Crippen molar-refractivity contribution in [2.24, 2.45) is 23.7 Å². The number of ether oxygens (including phenoxy) is 2. The number of benzene rings is 2. The number of rotatable bonds is 5. The molecular weight excluding hydrogens is 395 g/mol. The van der Waals surface area contributed by atoms with Gasteiger partial charge in [-0.25, -0.2) is 9.59 Å². The van der Waals surface area contributed by atoms with Gasteiger partial charge in [0.05, 0.1) is 11.1 Å². The lowest BCUT2D eigenvalue weighted by molar-refractivity contribution is -0.0410. The lowest BCUT2D eigenvalue weighted by Crippen LogP contribution is -2.39. The summed E-state index contributed by atoms with van der Waals surface area (Å²) in [7, 11) is 0.652. The number of carbonyl (C=O) groups excluding carboxylic acids is 2. The maximum Gasteiger partial charge on any atom is 0.338 e. The van der Waals surface area contributed by atoms with E-state index < -0.39 is 0 Å². The zero-order valence-corrected chi connectivity index (χ0v) is 18.1. The molecular formula is C25H27O4P. The molecule has 5 heteroatoms. The van der Waals surface area contributed by atoms with E-state index in [9.17, 15) is 9.59 Å². The maximum atomic E-state index is 12.9. The Labute approximate surface area is 179 Å². The third-order valence-electron chi connectivity index (χ3n) is 7.36. The van der Waals surface area contributed by atoms with Gasteiger partial charge in [-0.05, 0) is 67.9 Å². The summed E-state index contributed by atoms with van der Waals surface area (Å²) in [5.74, 6) is 1.42. The van der Waals surface area contributed by atoms with Gasteiger partial charge in [0, 0.05) is 11.6 Å². The van der Waals surface area contributed by atoms with Crippen LogP contribution >= 0.6 is 8.58 Å². The van der Waals surface area contributed by atoms with Gasteiger partial charge < -0.3 is 9.47 Å². The molecule has 3 aliphatic carbocycles. The number of hydrogen-bond donors (Lipinski definition) is 0. The van der Waals surface area contributed by atoms with Gasteiger partial charge in [0.1, 0.15) is 12.2 Å². The van der Waals surface area contributed by atoms with Crippen molar-refractivity contribution >= 4 is 20.5 Å². The second-order valence-corrected chi connectivity index (χ2v) is 10.0. The quantitative estimate of drug-likeness (QED) is 0.514. The summed E-state index contributed by atoms with van der Waals surface area (Å²) in [4.78, 5) is 25.8. The van der Waals surface area contributed by atoms with E-state index in [0.717, 1.165) is 0 Å². The molecule has 0 spiro atoms. The molecule has 0 heterocycles. The fourth-order valence-electron chi connectivity index (χ4n) is 6.22. The minimum Gasteiger partial charge on any atom is -0.454 e. The Balaban J connectivity index is 1.44. The Kier molecular flexibility index (Phi) is 5.37. The van der Waals surface area contributed by atoms with Crippen LogP contribution in [-0.4, -0.2) is 36.5 Å². The SMILES string of the molecule is CPC1C(OC(=O)c2ccccc2)C(OC(=O)c2ccccc2)C2C3CCC(C3)C12. The summed E-state index contributed by atoms with van der Waals surface area (Å²) in [5, 5.41) is 0. The van der Waals surface area contributed by atoms with E-state index in [1.807, 2.05) is 36.4 Å². The highest BCUT2D eigenvalue weighted by molar-refractivity contribution is 7.38. The molecule has 0 aliphatic heterocycles. The van der Waals surface area contributed by atoms with Gasteiger partial charge >= 0.3 is 11.9 Å². The van der Waals surface area contributed by atoms with Crippen LogP contribution in [0.15, 0.2) is 60.7 Å². The Hall–Kier alpha value is -2.19. The lowest BCUT2D eigenvalue weighted by Gasteiger charge is -2.29. The summed E-state index contributed by atoms with van der Waals surface area (Å²) in [5.41, 5.74) is 1.36. The number of esters is 2. The van der Waals surface area contributed by atoms with Crippen molar-refractivity contribution in [3.05, 3.63) is 71.8 Å². The summed E-state index contributed by atoms with van der Waals surface area (Å²) in [6.45, 7) is 2.19. The summed E-state index contributed by atoms with van der Waals surface area (Å²) >= 11 is 0. The second-order valence-electron chi connectivity index (χ2n) is 8.77. The van der Waals surface area contributed by atoms with Crippen LogP contribution in [0.5, 0.6) is 0 Å². The van der Waals surface area contributed by atoms with Crippen molar-refractivity contribution in [3.63, 3.8) is 0 Å². The van der Waals surface area contributed by atoms with Crippen molar-refractivity contribution in [3.8, 4) is 0 Å². The van der Waals surface area contributed by atoms with E-state index in [4.69, 9.17) is 9.47 Å². The second kappa shape index (κ2) is 8.15. The van der Waals surface area contributed by atoms with E-state index in [1.54, 1.807) is 24.3 Å². The number of hydrogen-bond acceptors (Lipinski definition) is 4. The fourth-order valence-corrected chi connectivity index (χ4v) is 7.68. The van der Waals surface area contributed by atoms with Crippen LogP contribution in [0, 0.1) is 23.7 Å². The van der Waals surface area contributed by atoms with Crippen molar-refractivity contribution in [2.45, 2.75) is 37.1 Å². The first-order valence-electron chi connectivity index (χ1n) is 10.9. The molecule has 156 valence electrons. The van der Waals surface area contributed by atoms with Gasteiger partial charge in [-0.1, -0.05) is 36.4 Å². The molecule has 0 saturated heterocycles. The summed E-state index contributed by atoms with van der Waals surface area (Å²) < 4.78 is 12.2. The van der Waals surface area contributed by atoms with Crippen LogP contribution in [0.4, 0.5) is 0 Å². The lowest BCUT2D eigenvalue weighted by atomic mass is 9.81. The van der Waals surface area contributed by atoms with Crippen molar-refractivity contribution in [2.75, 3.05) is 6.66 Å². The van der Waals surface area contributed by atoms with Gasteiger partial charge in [0.2, 0.25) is 0 Å². The third-order valence-corrected chi connectivity index (χ3v) is 8.74. The molecule has 0 radical (unpaired) electrons. The van der Waals surface area contributed by atoms with Crippen LogP contribution in [0.3, 0.4) is 0 Å². The van der Waals surface area contributed by atoms with Crippen molar-refractivity contribution in [1.82, 2.24) is 0 Å². The molecule has 0 N–H and O–H groups in total. The molecule has 0 aromatic heterocycles. The molecule has 2 aromatic carbocycles. The predicted octanol–water partition coefficient (Wildman–Crippen LogP) is 4.79. The van der Waals surface area contributed by atoms with Crippen LogP contribution in [-0.2, 0) is 9.47 Å². The zero-order valence-electron chi connectivity index (χ0n) is 17.1. The van der Waals surface area contributed by atoms with Gasteiger partial charge in [0.15, 0.2) is 0 Å². The average Bonchev–Trinajstić information content (AvgIpc) is 3.48. The Morgan fingerprint density at radius 1 is 0.767 bits per heavy atom. The van der Waals surface area contributed by atoms with Crippen LogP contribution in [0.1, 0.15) is 40.0 Å². The normalized spacial score (nSPS) is 34.2. The first-order chi connectivity index (χ1) is 14.7. The summed E-state index contributed by atoms with van der Waals surface area (Å²) in [6.07, 6.45) is 2.96. The van der Waals surface area contributed by atoms with E-state index in [1.165, 1.54) is 19.3 Å². The highest BCUT2D eigenvalue weighted by atomic mass is 31.1. The van der Waals surface area contributed by atoms with E-state index in [2.05, 4.69) is 6.66 Å². The van der Waals surface area contributed by atoms with Crippen molar-refractivity contribution in [1.29, 1.82) is 0 Å². The molecule has 0 amide bonds. The third kappa shape index (κ3) is 3.36. The topological polar surface area (TPSA) is 52.6 Å². The molecule has 5 rings (SSSR count). The number of fused-ring (bicyclic) bond motifs is 5. The Morgan fingerprint density at radius 3 is 1.80 bits per heavy atom. The molecule has 8 unspecified atom stereocenters. The molecule has 3 saturated carbocycles. The van der Waals surface area contributed by atoms with Crippen LogP contribution in [0.2, 0.25) is 0 Å². The maximum absolute atomic E-state index is 12.9. The highest BCUT2D eigenvalue weighted by Crippen LogP contribution is 2.62. The van der Waals surface area contributed by atoms with Crippen LogP contribution < -0.4 is 0 Å². The predicted molar refractivity (Wildman–Crippen MR) is 117 cm³/mol. The van der Waals surface area contributed by atoms with Gasteiger partial charge in [-0.15, -0.1) is 8.58 Å². The average molecular weight is 422 g/mol. The van der Waals surface area contributed by atoms with E-state index in [0.29, 0.717) is 43.4 Å². The molecule has 8 atom stereocenters. The van der Waals surface area contributed by atoms with Gasteiger partial charge in [-0.2, -0.15) is 0 Å². The smallest absolute Gasteiger partial charge is 0.338 e. The molecule has 4 nitrogen and oxygen atoms in total. The monoisotopic (exact) mass is 422 g/mol. The largest absolute Gasteiger partial charge is 0.454 e. The number of carbonyl (C=O) groups is 2. The molecule has 30 heavy (non-hydrogen) atoms. The van der Waals surface area contributed by atoms with Crippen LogP contribution in [0.25, 0.3) is 0 Å². The Morgan fingerprint density at radius 2 is 1.27 bits per heavy atom. The minimum atomic E-state index is -0.368. The molecule has 2 bridgehead atoms. The standard InChI is InChI=1S/C25H27O4P/c1-30-23-20-18-13-12-17(14-18)19(20)21(28-24(26)15-8-4-2-5-9-15)22(23)29-25(27)16-10-6-3-7-11-16/h2-11,17-23,30H,12-14H2,1H3. The highest BCUT2D eigenvalue weighted by Gasteiger charge is 2.63. The first kappa shape index (κ1) is 19.8. The van der Waals surface area contributed by atoms with Gasteiger partial charge in [-0.3, -0.25) is 0 Å². The summed E-state index contributed by atoms with van der Waals surface area (Å²) in [6, 6.07) is 18.2. The Bertz CT molecular complexity index is 915. The van der Waals surface area contributed by atoms with E-state index in [-0.39, 0.29) is 29.8 Å². The molecule has 2 aromatic rings. The van der Waals surface area contributed by atoms with Crippen molar-refractivity contribution < 1.29 is 19.1 Å². The zero-order chi connectivity index (χ0) is 20.7.